The number of rotatable bonds is 7. The van der Waals surface area contributed by atoms with Crippen LogP contribution in [0.25, 0.3) is 0 Å². The molecule has 2 amide bonds. The van der Waals surface area contributed by atoms with Crippen molar-refractivity contribution in [1.82, 2.24) is 14.7 Å². The smallest absolute Gasteiger partial charge is 0.410 e. The van der Waals surface area contributed by atoms with Crippen LogP contribution >= 0.6 is 15.9 Å². The number of aromatic nitrogens is 2. The van der Waals surface area contributed by atoms with Gasteiger partial charge in [0.15, 0.2) is 0 Å². The molecule has 162 valence electrons. The molecule has 29 heavy (non-hydrogen) atoms. The molecule has 2 aliphatic rings. The van der Waals surface area contributed by atoms with Crippen molar-refractivity contribution in [3.63, 3.8) is 0 Å². The van der Waals surface area contributed by atoms with E-state index < -0.39 is 11.5 Å². The number of carbonyl (C=O) groups is 2. The Kier molecular flexibility index (Phi) is 6.42. The molecule has 0 spiro atoms. The highest BCUT2D eigenvalue weighted by Crippen LogP contribution is 2.36. The predicted octanol–water partition coefficient (Wildman–Crippen LogP) is 2.76. The van der Waals surface area contributed by atoms with Crippen LogP contribution in [0.4, 0.5) is 10.6 Å². The molecule has 3 rings (SSSR count). The van der Waals surface area contributed by atoms with E-state index in [4.69, 9.17) is 15.2 Å². The molecule has 9 nitrogen and oxygen atoms in total. The molecule has 1 saturated heterocycles. The van der Waals surface area contributed by atoms with E-state index in [1.165, 1.54) is 12.8 Å². The minimum Gasteiger partial charge on any atom is -0.444 e. The Morgan fingerprint density at radius 3 is 2.59 bits per heavy atom. The van der Waals surface area contributed by atoms with Gasteiger partial charge in [0.1, 0.15) is 21.6 Å². The number of methoxy groups -OCH3 is 1. The molecule has 10 heteroatoms. The Balaban J connectivity index is 1.86. The third kappa shape index (κ3) is 5.22. The van der Waals surface area contributed by atoms with Crippen molar-refractivity contribution in [2.24, 2.45) is 11.7 Å². The number of hydrogen-bond acceptors (Lipinski definition) is 6. The molecular weight excluding hydrogens is 442 g/mol. The number of nitrogens with zero attached hydrogens (tertiary/aromatic N) is 3. The number of carbonyl (C=O) groups excluding carboxylic acids is 2. The van der Waals surface area contributed by atoms with E-state index in [1.807, 2.05) is 20.8 Å². The summed E-state index contributed by atoms with van der Waals surface area (Å²) in [5.41, 5.74) is 5.35. The summed E-state index contributed by atoms with van der Waals surface area (Å²) in [6.07, 6.45) is 2.62. The van der Waals surface area contributed by atoms with E-state index in [-0.39, 0.29) is 18.2 Å². The third-order valence-electron chi connectivity index (χ3n) is 5.09. The monoisotopic (exact) mass is 471 g/mol. The van der Waals surface area contributed by atoms with Gasteiger partial charge in [-0.1, -0.05) is 0 Å². The summed E-state index contributed by atoms with van der Waals surface area (Å²) in [6.45, 7) is 7.09. The maximum Gasteiger partial charge on any atom is 0.410 e. The highest BCUT2D eigenvalue weighted by atomic mass is 79.9. The number of anilines is 1. The minimum absolute atomic E-state index is 0.131. The molecule has 0 aromatic carbocycles. The van der Waals surface area contributed by atoms with Gasteiger partial charge >= 0.3 is 6.09 Å². The Hall–Kier alpha value is -1.81. The summed E-state index contributed by atoms with van der Waals surface area (Å²) in [4.78, 5) is 26.4. The SMILES string of the molecule is COC[C@H]1C[C@H](n2nc(Br)c(C(N)=O)c2NCC2CC2)CN1C(=O)OC(C)(C)C. The first-order valence-electron chi connectivity index (χ1n) is 9.91. The third-order valence-corrected chi connectivity index (χ3v) is 5.65. The quantitative estimate of drug-likeness (QED) is 0.631. The molecule has 1 aromatic rings. The Labute approximate surface area is 179 Å². The van der Waals surface area contributed by atoms with Crippen molar-refractivity contribution in [3.05, 3.63) is 10.2 Å². The summed E-state index contributed by atoms with van der Waals surface area (Å²) in [5.74, 6) is 0.668. The van der Waals surface area contributed by atoms with Gasteiger partial charge in [-0.3, -0.25) is 4.79 Å². The molecule has 1 saturated carbocycles. The fourth-order valence-corrected chi connectivity index (χ4v) is 4.14. The highest BCUT2D eigenvalue weighted by Gasteiger charge is 2.40. The number of likely N-dealkylation sites (tertiary alicyclic amines) is 1. The van der Waals surface area contributed by atoms with Crippen LogP contribution in [-0.4, -0.2) is 65.1 Å². The van der Waals surface area contributed by atoms with Crippen LogP contribution in [0.2, 0.25) is 0 Å². The number of amides is 2. The zero-order valence-electron chi connectivity index (χ0n) is 17.4. The van der Waals surface area contributed by atoms with Crippen LogP contribution in [0.5, 0.6) is 0 Å². The van der Waals surface area contributed by atoms with Gasteiger partial charge in [-0.05, 0) is 61.9 Å². The maximum atomic E-state index is 12.7. The predicted molar refractivity (Wildman–Crippen MR) is 112 cm³/mol. The van der Waals surface area contributed by atoms with Gasteiger partial charge in [-0.2, -0.15) is 5.10 Å². The van der Waals surface area contributed by atoms with E-state index >= 15 is 0 Å². The lowest BCUT2D eigenvalue weighted by Gasteiger charge is -2.28. The molecule has 1 aliphatic carbocycles. The van der Waals surface area contributed by atoms with Crippen molar-refractivity contribution in [2.45, 2.75) is 57.7 Å². The lowest BCUT2D eigenvalue weighted by molar-refractivity contribution is 0.0145. The van der Waals surface area contributed by atoms with Gasteiger partial charge in [-0.25, -0.2) is 9.48 Å². The summed E-state index contributed by atoms with van der Waals surface area (Å²) in [7, 11) is 1.61. The Morgan fingerprint density at radius 2 is 2.03 bits per heavy atom. The first kappa shape index (κ1) is 21.9. The Bertz CT molecular complexity index is 771. The molecule has 1 aliphatic heterocycles. The van der Waals surface area contributed by atoms with Gasteiger partial charge < -0.3 is 25.4 Å². The van der Waals surface area contributed by atoms with Crippen LogP contribution < -0.4 is 11.1 Å². The highest BCUT2D eigenvalue weighted by molar-refractivity contribution is 9.10. The lowest BCUT2D eigenvalue weighted by Crippen LogP contribution is -2.41. The van der Waals surface area contributed by atoms with Gasteiger partial charge in [0, 0.05) is 20.2 Å². The molecule has 2 heterocycles. The average molecular weight is 472 g/mol. The summed E-state index contributed by atoms with van der Waals surface area (Å²) in [6, 6.07) is -0.273. The molecule has 0 radical (unpaired) electrons. The van der Waals surface area contributed by atoms with Gasteiger partial charge in [0.2, 0.25) is 0 Å². The fourth-order valence-electron chi connectivity index (χ4n) is 3.59. The van der Waals surface area contributed by atoms with Crippen LogP contribution in [0.15, 0.2) is 4.60 Å². The molecular formula is C19H30BrN5O4. The fraction of sp³-hybridized carbons (Fsp3) is 0.737. The number of nitrogens with one attached hydrogen (secondary N) is 1. The number of hydrogen-bond donors (Lipinski definition) is 2. The van der Waals surface area contributed by atoms with Crippen LogP contribution in [0.1, 0.15) is 56.4 Å². The van der Waals surface area contributed by atoms with Gasteiger partial charge in [0.25, 0.3) is 5.91 Å². The molecule has 2 atom stereocenters. The van der Waals surface area contributed by atoms with Crippen molar-refractivity contribution < 1.29 is 19.1 Å². The standard InChI is InChI=1S/C19H30BrN5O4/c1-19(2,3)29-18(27)24-9-12(7-13(24)10-28-4)25-17(22-8-11-5-6-11)14(16(21)26)15(20)23-25/h11-13,22H,5-10H2,1-4H3,(H2,21,26)/t12-,13+/m0/s1. The van der Waals surface area contributed by atoms with Crippen molar-refractivity contribution >= 4 is 33.7 Å². The van der Waals surface area contributed by atoms with Crippen molar-refractivity contribution in [3.8, 4) is 0 Å². The second-order valence-electron chi connectivity index (χ2n) is 8.78. The van der Waals surface area contributed by atoms with E-state index in [1.54, 1.807) is 16.7 Å². The molecule has 3 N–H and O–H groups in total. The largest absolute Gasteiger partial charge is 0.444 e. The molecule has 1 aromatic heterocycles. The zero-order valence-corrected chi connectivity index (χ0v) is 19.0. The number of ether oxygens (including phenoxy) is 2. The second-order valence-corrected chi connectivity index (χ2v) is 9.53. The molecule has 0 unspecified atom stereocenters. The zero-order chi connectivity index (χ0) is 21.3. The lowest BCUT2D eigenvalue weighted by atomic mass is 10.2. The second kappa shape index (κ2) is 8.51. The summed E-state index contributed by atoms with van der Waals surface area (Å²) in [5, 5.41) is 7.88. The minimum atomic E-state index is -0.586. The van der Waals surface area contributed by atoms with E-state index in [9.17, 15) is 9.59 Å². The van der Waals surface area contributed by atoms with Crippen molar-refractivity contribution in [2.75, 3.05) is 32.1 Å². The van der Waals surface area contributed by atoms with E-state index in [0.29, 0.717) is 41.5 Å². The topological polar surface area (TPSA) is 112 Å². The van der Waals surface area contributed by atoms with Crippen LogP contribution in [0, 0.1) is 5.92 Å². The number of primary amides is 1. The van der Waals surface area contributed by atoms with Gasteiger partial charge in [-0.15, -0.1) is 0 Å². The van der Waals surface area contributed by atoms with Crippen LogP contribution in [-0.2, 0) is 9.47 Å². The van der Waals surface area contributed by atoms with E-state index in [0.717, 1.165) is 6.54 Å². The number of halogens is 1. The Morgan fingerprint density at radius 1 is 1.34 bits per heavy atom. The molecule has 0 bridgehead atoms. The maximum absolute atomic E-state index is 12.7. The molecule has 2 fully saturated rings. The number of nitrogens with two attached hydrogens (primary N) is 1. The van der Waals surface area contributed by atoms with Gasteiger partial charge in [0.05, 0.1) is 18.7 Å². The van der Waals surface area contributed by atoms with E-state index in [2.05, 4.69) is 26.3 Å². The first-order chi connectivity index (χ1) is 13.6. The average Bonchev–Trinajstić information content (AvgIpc) is 3.23. The summed E-state index contributed by atoms with van der Waals surface area (Å²) >= 11 is 3.37. The van der Waals surface area contributed by atoms with Crippen LogP contribution in [0.3, 0.4) is 0 Å². The normalized spacial score (nSPS) is 22.0. The first-order valence-corrected chi connectivity index (χ1v) is 10.7. The summed E-state index contributed by atoms with van der Waals surface area (Å²) < 4.78 is 13.1. The van der Waals surface area contributed by atoms with Crippen molar-refractivity contribution in [1.29, 1.82) is 0 Å².